The SMILES string of the molecule is NC1(N)C=Cc2cccc3cccc1c23.O=[PH](O)O. The molecule has 0 radical (unpaired) electrons. The van der Waals surface area contributed by atoms with Crippen molar-refractivity contribution >= 4 is 25.1 Å². The standard InChI is InChI=1S/C13H12N2.H3O3P/c14-13(15)8-7-10-4-1-3-9-5-2-6-11(13)12(9)10;1-4(2)3/h1-8H,14-15H2;4H,(H2,1,2,3). The third-order valence-corrected chi connectivity index (χ3v) is 2.94. The second-order valence-corrected chi connectivity index (χ2v) is 4.86. The highest BCUT2D eigenvalue weighted by Gasteiger charge is 2.24. The third-order valence-electron chi connectivity index (χ3n) is 2.94. The Morgan fingerprint density at radius 2 is 1.63 bits per heavy atom. The predicted molar refractivity (Wildman–Crippen MR) is 76.5 cm³/mol. The van der Waals surface area contributed by atoms with Gasteiger partial charge in [-0.05, 0) is 28.0 Å². The normalized spacial score (nSPS) is 15.2. The van der Waals surface area contributed by atoms with E-state index in [1.165, 1.54) is 16.3 Å². The Hall–Kier alpha value is -1.49. The molecular weight excluding hydrogens is 263 g/mol. The maximum atomic E-state index is 8.74. The number of benzene rings is 2. The second-order valence-electron chi connectivity index (χ2n) is 4.30. The lowest BCUT2D eigenvalue weighted by molar-refractivity contribution is 0.405. The maximum absolute atomic E-state index is 8.74. The zero-order valence-corrected chi connectivity index (χ0v) is 11.1. The van der Waals surface area contributed by atoms with Crippen molar-refractivity contribution in [2.24, 2.45) is 11.5 Å². The second kappa shape index (κ2) is 5.25. The topological polar surface area (TPSA) is 110 Å². The van der Waals surface area contributed by atoms with Gasteiger partial charge in [0, 0.05) is 0 Å². The molecule has 3 rings (SSSR count). The first-order valence-corrected chi connectivity index (χ1v) is 6.93. The van der Waals surface area contributed by atoms with Gasteiger partial charge in [-0.15, -0.1) is 0 Å². The van der Waals surface area contributed by atoms with Gasteiger partial charge in [0.05, 0.1) is 0 Å². The van der Waals surface area contributed by atoms with E-state index in [-0.39, 0.29) is 0 Å². The lowest BCUT2D eigenvalue weighted by Gasteiger charge is -2.27. The quantitative estimate of drug-likeness (QED) is 0.429. The van der Waals surface area contributed by atoms with Crippen molar-refractivity contribution in [3.05, 3.63) is 53.6 Å². The van der Waals surface area contributed by atoms with E-state index in [1.54, 1.807) is 0 Å². The summed E-state index contributed by atoms with van der Waals surface area (Å²) in [5.74, 6) is 0. The van der Waals surface area contributed by atoms with Crippen molar-refractivity contribution in [1.29, 1.82) is 0 Å². The van der Waals surface area contributed by atoms with Crippen molar-refractivity contribution in [2.75, 3.05) is 0 Å². The van der Waals surface area contributed by atoms with Crippen molar-refractivity contribution < 1.29 is 14.4 Å². The minimum Gasteiger partial charge on any atom is -0.326 e. The molecule has 0 fully saturated rings. The van der Waals surface area contributed by atoms with Crippen LogP contribution in [-0.4, -0.2) is 9.79 Å². The summed E-state index contributed by atoms with van der Waals surface area (Å²) in [6.07, 6.45) is 3.85. The highest BCUT2D eigenvalue weighted by Crippen LogP contribution is 2.32. The van der Waals surface area contributed by atoms with Gasteiger partial charge in [0.25, 0.3) is 0 Å². The van der Waals surface area contributed by atoms with E-state index in [4.69, 9.17) is 25.8 Å². The first kappa shape index (κ1) is 13.9. The fraction of sp³-hybridized carbons (Fsp3) is 0.0769. The largest absolute Gasteiger partial charge is 0.326 e. The number of nitrogens with two attached hydrogens (primary N) is 2. The fourth-order valence-electron chi connectivity index (χ4n) is 2.19. The number of hydrogen-bond acceptors (Lipinski definition) is 3. The molecule has 2 aromatic rings. The Labute approximate surface area is 111 Å². The summed E-state index contributed by atoms with van der Waals surface area (Å²) in [5.41, 5.74) is 13.4. The lowest BCUT2D eigenvalue weighted by atomic mass is 9.87. The van der Waals surface area contributed by atoms with Crippen LogP contribution in [0.5, 0.6) is 0 Å². The van der Waals surface area contributed by atoms with Crippen molar-refractivity contribution in [2.45, 2.75) is 5.66 Å². The Morgan fingerprint density at radius 3 is 2.26 bits per heavy atom. The highest BCUT2D eigenvalue weighted by atomic mass is 31.1. The molecule has 0 aromatic heterocycles. The molecule has 100 valence electrons. The van der Waals surface area contributed by atoms with Crippen molar-refractivity contribution in [3.8, 4) is 0 Å². The third kappa shape index (κ3) is 2.92. The summed E-state index contributed by atoms with van der Waals surface area (Å²) >= 11 is 0. The first-order valence-electron chi connectivity index (χ1n) is 5.63. The number of hydrogen-bond donors (Lipinski definition) is 4. The molecular formula is C13H15N2O3P. The van der Waals surface area contributed by atoms with Crippen molar-refractivity contribution in [3.63, 3.8) is 0 Å². The Bertz CT molecular complexity index is 659. The van der Waals surface area contributed by atoms with Crippen LogP contribution in [0.25, 0.3) is 16.8 Å². The molecule has 0 aliphatic heterocycles. The minimum absolute atomic E-state index is 0.839. The minimum atomic E-state index is -3.13. The van der Waals surface area contributed by atoms with Crippen LogP contribution in [0.15, 0.2) is 42.5 Å². The summed E-state index contributed by atoms with van der Waals surface area (Å²) < 4.78 is 8.74. The van der Waals surface area contributed by atoms with Gasteiger partial charge in [0.1, 0.15) is 5.66 Å². The fourth-order valence-corrected chi connectivity index (χ4v) is 2.19. The van der Waals surface area contributed by atoms with E-state index in [2.05, 4.69) is 18.2 Å². The van der Waals surface area contributed by atoms with Crippen LogP contribution < -0.4 is 11.5 Å². The van der Waals surface area contributed by atoms with E-state index in [1.807, 2.05) is 30.4 Å². The number of rotatable bonds is 0. The first-order chi connectivity index (χ1) is 8.92. The Balaban J connectivity index is 0.000000297. The predicted octanol–water partition coefficient (Wildman–Crippen LogP) is 1.30. The maximum Gasteiger partial charge on any atom is 0.314 e. The van der Waals surface area contributed by atoms with E-state index in [0.717, 1.165) is 5.56 Å². The molecule has 0 saturated carbocycles. The molecule has 19 heavy (non-hydrogen) atoms. The van der Waals surface area contributed by atoms with E-state index >= 15 is 0 Å². The average molecular weight is 278 g/mol. The zero-order valence-electron chi connectivity index (χ0n) is 10.1. The van der Waals surface area contributed by atoms with Gasteiger partial charge in [0.15, 0.2) is 0 Å². The van der Waals surface area contributed by atoms with Gasteiger partial charge in [-0.1, -0.05) is 42.5 Å². The van der Waals surface area contributed by atoms with Gasteiger partial charge in [-0.25, -0.2) is 0 Å². The van der Waals surface area contributed by atoms with Crippen LogP contribution in [0.3, 0.4) is 0 Å². The average Bonchev–Trinajstić information content (AvgIpc) is 2.34. The molecule has 6 heteroatoms. The molecule has 0 spiro atoms. The lowest BCUT2D eigenvalue weighted by Crippen LogP contribution is -2.45. The molecule has 0 atom stereocenters. The van der Waals surface area contributed by atoms with E-state index < -0.39 is 13.9 Å². The van der Waals surface area contributed by atoms with Crippen LogP contribution >= 0.6 is 8.25 Å². The highest BCUT2D eigenvalue weighted by molar-refractivity contribution is 7.30. The van der Waals surface area contributed by atoms with Gasteiger partial charge < -0.3 is 21.3 Å². The van der Waals surface area contributed by atoms with Crippen molar-refractivity contribution in [1.82, 2.24) is 0 Å². The molecule has 0 saturated heterocycles. The zero-order chi connectivity index (χ0) is 14.0. The summed E-state index contributed by atoms with van der Waals surface area (Å²) in [6.45, 7) is 0. The Morgan fingerprint density at radius 1 is 1.05 bits per heavy atom. The monoisotopic (exact) mass is 278 g/mol. The van der Waals surface area contributed by atoms with Gasteiger partial charge in [-0.3, -0.25) is 4.57 Å². The molecule has 5 nitrogen and oxygen atoms in total. The van der Waals surface area contributed by atoms with Crippen LogP contribution in [0.4, 0.5) is 0 Å². The summed E-state index contributed by atoms with van der Waals surface area (Å²) in [4.78, 5) is 14.3. The summed E-state index contributed by atoms with van der Waals surface area (Å²) in [7, 11) is -3.13. The molecule has 0 amide bonds. The molecule has 0 heterocycles. The van der Waals surface area contributed by atoms with E-state index in [9.17, 15) is 0 Å². The smallest absolute Gasteiger partial charge is 0.314 e. The van der Waals surface area contributed by atoms with Crippen LogP contribution in [0.1, 0.15) is 11.1 Å². The molecule has 6 N–H and O–H groups in total. The molecule has 1 aliphatic carbocycles. The Kier molecular flexibility index (Phi) is 3.85. The summed E-state index contributed by atoms with van der Waals surface area (Å²) in [5, 5.41) is 2.36. The summed E-state index contributed by atoms with van der Waals surface area (Å²) in [6, 6.07) is 12.3. The molecule has 0 bridgehead atoms. The van der Waals surface area contributed by atoms with Crippen LogP contribution in [-0.2, 0) is 10.2 Å². The molecule has 0 unspecified atom stereocenters. The van der Waals surface area contributed by atoms with Crippen LogP contribution in [0.2, 0.25) is 0 Å². The molecule has 2 aromatic carbocycles. The van der Waals surface area contributed by atoms with Gasteiger partial charge in [-0.2, -0.15) is 0 Å². The van der Waals surface area contributed by atoms with E-state index in [0.29, 0.717) is 0 Å². The van der Waals surface area contributed by atoms with Gasteiger partial charge in [0.2, 0.25) is 0 Å². The van der Waals surface area contributed by atoms with Gasteiger partial charge >= 0.3 is 8.25 Å². The molecule has 1 aliphatic rings. The van der Waals surface area contributed by atoms with Crippen LogP contribution in [0, 0.1) is 0 Å².